The van der Waals surface area contributed by atoms with Gasteiger partial charge in [0.15, 0.2) is 0 Å². The van der Waals surface area contributed by atoms with Crippen LogP contribution in [0.1, 0.15) is 26.7 Å². The highest BCUT2D eigenvalue weighted by Gasteiger charge is 2.36. The molecule has 19 heavy (non-hydrogen) atoms. The van der Waals surface area contributed by atoms with E-state index < -0.39 is 0 Å². The van der Waals surface area contributed by atoms with Gasteiger partial charge in [0, 0.05) is 32.8 Å². The van der Waals surface area contributed by atoms with Crippen LogP contribution in [0.15, 0.2) is 0 Å². The number of ether oxygens (including phenoxy) is 1. The Morgan fingerprint density at radius 2 is 2.16 bits per heavy atom. The first kappa shape index (κ1) is 14.8. The lowest BCUT2D eigenvalue weighted by molar-refractivity contribution is -0.132. The molecule has 0 aromatic rings. The summed E-state index contributed by atoms with van der Waals surface area (Å²) in [4.78, 5) is 16.9. The van der Waals surface area contributed by atoms with E-state index in [0.29, 0.717) is 6.04 Å². The molecule has 0 bridgehead atoms. The molecule has 1 amide bonds. The van der Waals surface area contributed by atoms with Gasteiger partial charge in [-0.25, -0.2) is 0 Å². The van der Waals surface area contributed by atoms with Gasteiger partial charge in [0.05, 0.1) is 12.1 Å². The number of carbonyl (C=O) groups is 1. The lowest BCUT2D eigenvalue weighted by atomic mass is 10.2. The molecule has 2 aliphatic rings. The fraction of sp³-hybridized carbons (Fsp3) is 0.929. The Morgan fingerprint density at radius 3 is 2.74 bits per heavy atom. The van der Waals surface area contributed by atoms with Crippen molar-refractivity contribution in [2.45, 2.75) is 44.9 Å². The van der Waals surface area contributed by atoms with Crippen LogP contribution in [0.25, 0.3) is 0 Å². The van der Waals surface area contributed by atoms with Crippen molar-refractivity contribution in [3.63, 3.8) is 0 Å². The van der Waals surface area contributed by atoms with Crippen LogP contribution in [0, 0.1) is 0 Å². The summed E-state index contributed by atoms with van der Waals surface area (Å²) in [5, 5.41) is 3.28. The van der Waals surface area contributed by atoms with Crippen LogP contribution >= 0.6 is 0 Å². The number of likely N-dealkylation sites (tertiary alicyclic amines) is 1. The number of nitrogens with one attached hydrogen (secondary N) is 1. The van der Waals surface area contributed by atoms with Crippen LogP contribution in [-0.4, -0.2) is 73.7 Å². The second kappa shape index (κ2) is 6.68. The summed E-state index contributed by atoms with van der Waals surface area (Å²) in [6, 6.07) is 0.499. The summed E-state index contributed by atoms with van der Waals surface area (Å²) in [5.41, 5.74) is 0. The molecule has 0 aromatic heterocycles. The van der Waals surface area contributed by atoms with E-state index in [1.54, 1.807) is 7.11 Å². The van der Waals surface area contributed by atoms with Gasteiger partial charge in [-0.15, -0.1) is 0 Å². The first-order valence-corrected chi connectivity index (χ1v) is 7.48. The zero-order valence-electron chi connectivity index (χ0n) is 12.4. The zero-order valence-corrected chi connectivity index (χ0v) is 12.4. The number of hydrogen-bond donors (Lipinski definition) is 1. The van der Waals surface area contributed by atoms with E-state index in [0.717, 1.165) is 45.6 Å². The molecule has 2 aliphatic heterocycles. The third kappa shape index (κ3) is 3.27. The molecular weight excluding hydrogens is 242 g/mol. The Bertz CT molecular complexity index is 307. The molecule has 5 nitrogen and oxygen atoms in total. The van der Waals surface area contributed by atoms with Gasteiger partial charge in [0.1, 0.15) is 0 Å². The molecule has 2 saturated heterocycles. The molecule has 0 aromatic carbocycles. The van der Waals surface area contributed by atoms with Crippen LogP contribution in [0.4, 0.5) is 0 Å². The van der Waals surface area contributed by atoms with E-state index in [2.05, 4.69) is 24.1 Å². The van der Waals surface area contributed by atoms with Crippen molar-refractivity contribution >= 4 is 5.91 Å². The maximum absolute atomic E-state index is 12.4. The normalized spacial score (nSPS) is 31.4. The maximum Gasteiger partial charge on any atom is 0.239 e. The molecular formula is C14H27N3O2. The number of rotatable bonds is 5. The average molecular weight is 269 g/mol. The Labute approximate surface area is 116 Å². The standard InChI is InChI=1S/C14H27N3O2/c1-4-16(5-2)11-6-7-17(10-11)14(18)13-8-12(19-3)9-15-13/h11-13,15H,4-10H2,1-3H3. The third-order valence-electron chi connectivity index (χ3n) is 4.53. The largest absolute Gasteiger partial charge is 0.380 e. The molecule has 2 fully saturated rings. The second-order valence-electron chi connectivity index (χ2n) is 5.50. The predicted molar refractivity (Wildman–Crippen MR) is 75.1 cm³/mol. The summed E-state index contributed by atoms with van der Waals surface area (Å²) in [5.74, 6) is 0.259. The van der Waals surface area contributed by atoms with E-state index in [9.17, 15) is 4.79 Å². The van der Waals surface area contributed by atoms with E-state index in [-0.39, 0.29) is 18.1 Å². The quantitative estimate of drug-likeness (QED) is 0.780. The zero-order chi connectivity index (χ0) is 13.8. The van der Waals surface area contributed by atoms with Gasteiger partial charge in [-0.1, -0.05) is 13.8 Å². The number of amides is 1. The SMILES string of the molecule is CCN(CC)C1CCN(C(=O)C2CC(OC)CN2)C1. The number of nitrogens with zero attached hydrogens (tertiary/aromatic N) is 2. The number of hydrogen-bond acceptors (Lipinski definition) is 4. The molecule has 0 spiro atoms. The summed E-state index contributed by atoms with van der Waals surface area (Å²) < 4.78 is 5.31. The Kier molecular flexibility index (Phi) is 5.19. The molecule has 3 unspecified atom stereocenters. The van der Waals surface area contributed by atoms with E-state index >= 15 is 0 Å². The number of methoxy groups -OCH3 is 1. The minimum absolute atomic E-state index is 0.0413. The third-order valence-corrected chi connectivity index (χ3v) is 4.53. The topological polar surface area (TPSA) is 44.8 Å². The van der Waals surface area contributed by atoms with E-state index in [1.165, 1.54) is 0 Å². The van der Waals surface area contributed by atoms with Crippen molar-refractivity contribution in [2.75, 3.05) is 39.8 Å². The Morgan fingerprint density at radius 1 is 1.42 bits per heavy atom. The molecule has 3 atom stereocenters. The van der Waals surface area contributed by atoms with Crippen LogP contribution < -0.4 is 5.32 Å². The first-order chi connectivity index (χ1) is 9.19. The molecule has 110 valence electrons. The van der Waals surface area contributed by atoms with Crippen LogP contribution in [-0.2, 0) is 9.53 Å². The van der Waals surface area contributed by atoms with Gasteiger partial charge in [0.2, 0.25) is 5.91 Å². The van der Waals surface area contributed by atoms with Crippen molar-refractivity contribution in [3.8, 4) is 0 Å². The smallest absolute Gasteiger partial charge is 0.239 e. The van der Waals surface area contributed by atoms with Crippen LogP contribution in [0.3, 0.4) is 0 Å². The molecule has 2 heterocycles. The summed E-state index contributed by atoms with van der Waals surface area (Å²) in [6.07, 6.45) is 2.10. The minimum atomic E-state index is -0.0413. The van der Waals surface area contributed by atoms with E-state index in [1.807, 2.05) is 4.90 Å². The maximum atomic E-state index is 12.4. The van der Waals surface area contributed by atoms with Gasteiger partial charge in [-0.05, 0) is 25.9 Å². The highest BCUT2D eigenvalue weighted by molar-refractivity contribution is 5.82. The molecule has 1 N–H and O–H groups in total. The fourth-order valence-corrected chi connectivity index (χ4v) is 3.27. The molecule has 0 radical (unpaired) electrons. The minimum Gasteiger partial charge on any atom is -0.380 e. The van der Waals surface area contributed by atoms with Crippen molar-refractivity contribution < 1.29 is 9.53 Å². The van der Waals surface area contributed by atoms with Crippen molar-refractivity contribution in [1.82, 2.24) is 15.1 Å². The highest BCUT2D eigenvalue weighted by Crippen LogP contribution is 2.19. The van der Waals surface area contributed by atoms with Gasteiger partial charge in [-0.3, -0.25) is 9.69 Å². The van der Waals surface area contributed by atoms with Crippen LogP contribution in [0.5, 0.6) is 0 Å². The van der Waals surface area contributed by atoms with Gasteiger partial charge >= 0.3 is 0 Å². The second-order valence-corrected chi connectivity index (χ2v) is 5.50. The first-order valence-electron chi connectivity index (χ1n) is 7.48. The van der Waals surface area contributed by atoms with Gasteiger partial charge < -0.3 is 15.0 Å². The Balaban J connectivity index is 1.85. The summed E-state index contributed by atoms with van der Waals surface area (Å²) >= 11 is 0. The summed E-state index contributed by atoms with van der Waals surface area (Å²) in [7, 11) is 1.71. The fourth-order valence-electron chi connectivity index (χ4n) is 3.27. The molecule has 0 saturated carbocycles. The van der Waals surface area contributed by atoms with Crippen molar-refractivity contribution in [1.29, 1.82) is 0 Å². The highest BCUT2D eigenvalue weighted by atomic mass is 16.5. The monoisotopic (exact) mass is 269 g/mol. The van der Waals surface area contributed by atoms with Crippen molar-refractivity contribution in [3.05, 3.63) is 0 Å². The lowest BCUT2D eigenvalue weighted by Crippen LogP contribution is -2.44. The lowest BCUT2D eigenvalue weighted by Gasteiger charge is -2.26. The Hall–Kier alpha value is -0.650. The van der Waals surface area contributed by atoms with Crippen LogP contribution in [0.2, 0.25) is 0 Å². The van der Waals surface area contributed by atoms with Gasteiger partial charge in [-0.2, -0.15) is 0 Å². The predicted octanol–water partition coefficient (Wildman–Crippen LogP) is 0.306. The molecule has 5 heteroatoms. The molecule has 2 rings (SSSR count). The summed E-state index contributed by atoms with van der Waals surface area (Å²) in [6.45, 7) is 9.09. The number of likely N-dealkylation sites (N-methyl/N-ethyl adjacent to an activating group) is 1. The van der Waals surface area contributed by atoms with E-state index in [4.69, 9.17) is 4.74 Å². The van der Waals surface area contributed by atoms with Crippen molar-refractivity contribution in [2.24, 2.45) is 0 Å². The average Bonchev–Trinajstić information content (AvgIpc) is 3.08. The molecule has 0 aliphatic carbocycles. The number of carbonyl (C=O) groups excluding carboxylic acids is 1. The van der Waals surface area contributed by atoms with Gasteiger partial charge in [0.25, 0.3) is 0 Å².